The van der Waals surface area contributed by atoms with E-state index in [1.807, 2.05) is 56.3 Å². The topological polar surface area (TPSA) is 87.2 Å². The molecular formula is C19H18N4O2. The molecule has 0 radical (unpaired) electrons. The van der Waals surface area contributed by atoms with Crippen molar-refractivity contribution in [3.05, 3.63) is 75.2 Å². The van der Waals surface area contributed by atoms with Crippen LogP contribution in [0.2, 0.25) is 0 Å². The lowest BCUT2D eigenvalue weighted by atomic mass is 10.1. The van der Waals surface area contributed by atoms with E-state index < -0.39 is 5.91 Å². The summed E-state index contributed by atoms with van der Waals surface area (Å²) in [5.74, 6) is -0.395. The van der Waals surface area contributed by atoms with Crippen molar-refractivity contribution in [2.45, 2.75) is 20.3 Å². The fourth-order valence-corrected chi connectivity index (χ4v) is 2.41. The number of hydrogen-bond acceptors (Lipinski definition) is 4. The molecule has 0 aliphatic heterocycles. The van der Waals surface area contributed by atoms with Gasteiger partial charge in [0.25, 0.3) is 5.56 Å². The molecule has 1 amide bonds. The monoisotopic (exact) mass is 334 g/mol. The van der Waals surface area contributed by atoms with E-state index in [4.69, 9.17) is 0 Å². The van der Waals surface area contributed by atoms with Crippen molar-refractivity contribution in [1.82, 2.24) is 15.4 Å². The number of amides is 1. The molecule has 25 heavy (non-hydrogen) atoms. The highest BCUT2D eigenvalue weighted by Gasteiger charge is 2.10. The normalized spacial score (nSPS) is 11.1. The summed E-state index contributed by atoms with van der Waals surface area (Å²) in [7, 11) is 0. The minimum Gasteiger partial charge on any atom is -0.319 e. The van der Waals surface area contributed by atoms with E-state index in [2.05, 4.69) is 20.5 Å². The molecule has 6 heteroatoms. The van der Waals surface area contributed by atoms with Crippen LogP contribution in [-0.2, 0) is 11.2 Å². The minimum atomic E-state index is -0.395. The van der Waals surface area contributed by atoms with Gasteiger partial charge >= 0.3 is 0 Å². The van der Waals surface area contributed by atoms with Gasteiger partial charge in [0.05, 0.1) is 23.7 Å². The van der Waals surface area contributed by atoms with E-state index in [0.717, 1.165) is 16.7 Å². The Labute approximate surface area is 144 Å². The van der Waals surface area contributed by atoms with Gasteiger partial charge in [-0.05, 0) is 42.7 Å². The van der Waals surface area contributed by atoms with Crippen LogP contribution in [0.5, 0.6) is 0 Å². The van der Waals surface area contributed by atoms with Crippen molar-refractivity contribution in [2.75, 3.05) is 0 Å². The lowest BCUT2D eigenvalue weighted by molar-refractivity contribution is -0.120. The summed E-state index contributed by atoms with van der Waals surface area (Å²) in [5.41, 5.74) is 6.57. The van der Waals surface area contributed by atoms with Crippen LogP contribution in [0.1, 0.15) is 22.4 Å². The van der Waals surface area contributed by atoms with Crippen LogP contribution in [0.3, 0.4) is 0 Å². The fraction of sp³-hybridized carbons (Fsp3) is 0.158. The maximum absolute atomic E-state index is 12.1. The Morgan fingerprint density at radius 3 is 2.68 bits per heavy atom. The van der Waals surface area contributed by atoms with Crippen molar-refractivity contribution >= 4 is 23.2 Å². The first kappa shape index (κ1) is 16.6. The third-order valence-corrected chi connectivity index (χ3v) is 3.91. The van der Waals surface area contributed by atoms with Gasteiger partial charge in [-0.2, -0.15) is 5.10 Å². The first-order chi connectivity index (χ1) is 12.0. The second-order valence-corrected chi connectivity index (χ2v) is 5.85. The van der Waals surface area contributed by atoms with Gasteiger partial charge in [-0.1, -0.05) is 30.3 Å². The summed E-state index contributed by atoms with van der Waals surface area (Å²) in [6.45, 7) is 3.95. The largest absolute Gasteiger partial charge is 0.319 e. The summed E-state index contributed by atoms with van der Waals surface area (Å²) >= 11 is 0. The summed E-state index contributed by atoms with van der Waals surface area (Å²) in [4.78, 5) is 31.2. The predicted octanol–water partition coefficient (Wildman–Crippen LogP) is 2.23. The smallest absolute Gasteiger partial charge is 0.270 e. The van der Waals surface area contributed by atoms with Gasteiger partial charge in [0, 0.05) is 0 Å². The molecule has 0 aliphatic rings. The lowest BCUT2D eigenvalue weighted by Crippen LogP contribution is -2.25. The third kappa shape index (κ3) is 3.98. The van der Waals surface area contributed by atoms with Crippen molar-refractivity contribution < 1.29 is 4.79 Å². The van der Waals surface area contributed by atoms with Crippen LogP contribution in [0.15, 0.2) is 52.4 Å². The third-order valence-electron chi connectivity index (χ3n) is 3.91. The molecule has 0 atom stereocenters. The second-order valence-electron chi connectivity index (χ2n) is 5.85. The van der Waals surface area contributed by atoms with E-state index >= 15 is 0 Å². The Kier molecular flexibility index (Phi) is 4.70. The van der Waals surface area contributed by atoms with E-state index in [1.54, 1.807) is 6.21 Å². The Bertz CT molecular complexity index is 1010. The number of hydrogen-bond donors (Lipinski definition) is 2. The Morgan fingerprint density at radius 2 is 1.92 bits per heavy atom. The summed E-state index contributed by atoms with van der Waals surface area (Å²) < 4.78 is 0. The molecule has 2 N–H and O–H groups in total. The Morgan fingerprint density at radius 1 is 1.20 bits per heavy atom. The molecule has 126 valence electrons. The molecule has 0 unspecified atom stereocenters. The number of H-pyrrole nitrogens is 1. The molecule has 3 aromatic rings. The summed E-state index contributed by atoms with van der Waals surface area (Å²) in [6.07, 6.45) is 1.41. The number of carbonyl (C=O) groups is 1. The van der Waals surface area contributed by atoms with Gasteiger partial charge < -0.3 is 4.98 Å². The van der Waals surface area contributed by atoms with Crippen LogP contribution >= 0.6 is 0 Å². The number of aromatic amines is 1. The van der Waals surface area contributed by atoms with E-state index in [-0.39, 0.29) is 17.7 Å². The van der Waals surface area contributed by atoms with Gasteiger partial charge in [0.2, 0.25) is 5.91 Å². The average Bonchev–Trinajstić information content (AvgIpc) is 2.58. The fourth-order valence-electron chi connectivity index (χ4n) is 2.41. The number of benzene rings is 2. The summed E-state index contributed by atoms with van der Waals surface area (Å²) in [6, 6.07) is 13.2. The standard InChI is InChI=1S/C19H18N4O2/c1-12-8-15-16(9-13(12)2)22-19(25)17(21-15)10-18(24)23-20-11-14-6-4-3-5-7-14/h3-9,11H,10H2,1-2H3,(H,22,25)(H,23,24)/b20-11+. The molecule has 0 fully saturated rings. The number of fused-ring (bicyclic) bond motifs is 1. The van der Waals surface area contributed by atoms with Crippen molar-refractivity contribution in [2.24, 2.45) is 5.10 Å². The quantitative estimate of drug-likeness (QED) is 0.566. The number of hydrazone groups is 1. The molecule has 6 nitrogen and oxygen atoms in total. The number of rotatable bonds is 4. The van der Waals surface area contributed by atoms with E-state index in [9.17, 15) is 9.59 Å². The van der Waals surface area contributed by atoms with E-state index in [0.29, 0.717) is 11.0 Å². The van der Waals surface area contributed by atoms with Gasteiger partial charge in [-0.15, -0.1) is 0 Å². The van der Waals surface area contributed by atoms with E-state index in [1.165, 1.54) is 0 Å². The average molecular weight is 334 g/mol. The second kappa shape index (κ2) is 7.09. The highest BCUT2D eigenvalue weighted by atomic mass is 16.2. The molecule has 1 heterocycles. The number of aromatic nitrogens is 2. The number of nitrogens with one attached hydrogen (secondary N) is 2. The molecule has 3 rings (SSSR count). The Hall–Kier alpha value is -3.28. The molecule has 0 spiro atoms. The van der Waals surface area contributed by atoms with Crippen LogP contribution in [0.25, 0.3) is 11.0 Å². The van der Waals surface area contributed by atoms with Crippen molar-refractivity contribution in [1.29, 1.82) is 0 Å². The molecule has 0 saturated carbocycles. The van der Waals surface area contributed by atoms with Crippen LogP contribution in [-0.4, -0.2) is 22.1 Å². The highest BCUT2D eigenvalue weighted by molar-refractivity contribution is 5.83. The lowest BCUT2D eigenvalue weighted by Gasteiger charge is -2.05. The zero-order valence-electron chi connectivity index (χ0n) is 14.0. The molecule has 1 aromatic heterocycles. The first-order valence-corrected chi connectivity index (χ1v) is 7.90. The minimum absolute atomic E-state index is 0.135. The van der Waals surface area contributed by atoms with Gasteiger partial charge in [-0.3, -0.25) is 9.59 Å². The molecule has 0 saturated heterocycles. The maximum Gasteiger partial charge on any atom is 0.270 e. The molecule has 0 bridgehead atoms. The van der Waals surface area contributed by atoms with Crippen LogP contribution in [0, 0.1) is 13.8 Å². The van der Waals surface area contributed by atoms with Crippen molar-refractivity contribution in [3.63, 3.8) is 0 Å². The van der Waals surface area contributed by atoms with Gasteiger partial charge in [0.15, 0.2) is 0 Å². The first-order valence-electron chi connectivity index (χ1n) is 7.90. The molecular weight excluding hydrogens is 316 g/mol. The Balaban J connectivity index is 1.74. The molecule has 2 aromatic carbocycles. The number of carbonyl (C=O) groups excluding carboxylic acids is 1. The van der Waals surface area contributed by atoms with Crippen LogP contribution in [0.4, 0.5) is 0 Å². The summed E-state index contributed by atoms with van der Waals surface area (Å²) in [5, 5.41) is 3.89. The SMILES string of the molecule is Cc1cc2nc(CC(=O)N/N=C/c3ccccc3)c(=O)[nH]c2cc1C. The zero-order chi connectivity index (χ0) is 17.8. The van der Waals surface area contributed by atoms with Gasteiger partial charge in [0.1, 0.15) is 5.69 Å². The van der Waals surface area contributed by atoms with Crippen LogP contribution < -0.4 is 11.0 Å². The maximum atomic E-state index is 12.1. The zero-order valence-corrected chi connectivity index (χ0v) is 14.0. The molecule has 0 aliphatic carbocycles. The highest BCUT2D eigenvalue weighted by Crippen LogP contribution is 2.14. The van der Waals surface area contributed by atoms with Crippen molar-refractivity contribution in [3.8, 4) is 0 Å². The number of nitrogens with zero attached hydrogens (tertiary/aromatic N) is 2. The number of aryl methyl sites for hydroxylation is 2. The van der Waals surface area contributed by atoms with Gasteiger partial charge in [-0.25, -0.2) is 10.4 Å². The predicted molar refractivity (Wildman–Crippen MR) is 97.7 cm³/mol.